The molecule has 9 heteroatoms. The van der Waals surface area contributed by atoms with Gasteiger partial charge in [0, 0.05) is 45.8 Å². The number of amides is 2. The molecule has 2 aliphatic heterocycles. The van der Waals surface area contributed by atoms with Crippen LogP contribution < -0.4 is 15.8 Å². The number of carbonyl (C=O) groups excluding carboxylic acids is 2. The monoisotopic (exact) mass is 444 g/mol. The van der Waals surface area contributed by atoms with Gasteiger partial charge in [0.1, 0.15) is 5.75 Å². The normalized spacial score (nSPS) is 18.5. The second kappa shape index (κ2) is 11.7. The van der Waals surface area contributed by atoms with Gasteiger partial charge in [0.2, 0.25) is 5.91 Å². The van der Waals surface area contributed by atoms with E-state index >= 15 is 0 Å². The van der Waals surface area contributed by atoms with Gasteiger partial charge in [-0.2, -0.15) is 0 Å². The molecule has 1 aromatic carbocycles. The van der Waals surface area contributed by atoms with Crippen molar-refractivity contribution < 1.29 is 14.3 Å². The Morgan fingerprint density at radius 1 is 1.12 bits per heavy atom. The Balaban J connectivity index is 1.55. The summed E-state index contributed by atoms with van der Waals surface area (Å²) in [7, 11) is 0. The number of primary amides is 1. The third-order valence-corrected chi connectivity index (χ3v) is 5.96. The Labute approximate surface area is 190 Å². The van der Waals surface area contributed by atoms with E-state index in [9.17, 15) is 9.59 Å². The van der Waals surface area contributed by atoms with Crippen molar-refractivity contribution in [2.24, 2.45) is 10.7 Å². The summed E-state index contributed by atoms with van der Waals surface area (Å²) in [4.78, 5) is 35.0. The number of likely N-dealkylation sites (tertiary alicyclic amines) is 1. The summed E-state index contributed by atoms with van der Waals surface area (Å²) in [6.45, 7) is 10.3. The molecule has 2 aliphatic rings. The number of piperazine rings is 1. The number of hydrogen-bond donors (Lipinski definition) is 2. The van der Waals surface area contributed by atoms with Gasteiger partial charge in [-0.25, -0.2) is 4.99 Å². The van der Waals surface area contributed by atoms with E-state index in [0.29, 0.717) is 12.3 Å². The lowest BCUT2D eigenvalue weighted by Gasteiger charge is -2.39. The molecular weight excluding hydrogens is 408 g/mol. The zero-order chi connectivity index (χ0) is 22.9. The Hall–Kier alpha value is -2.81. The first-order valence-electron chi connectivity index (χ1n) is 11.5. The zero-order valence-corrected chi connectivity index (χ0v) is 19.3. The fourth-order valence-electron chi connectivity index (χ4n) is 4.16. The number of hydrogen-bond acceptors (Lipinski definition) is 5. The highest BCUT2D eigenvalue weighted by molar-refractivity contribution is 5.82. The molecule has 9 nitrogen and oxygen atoms in total. The van der Waals surface area contributed by atoms with Crippen molar-refractivity contribution in [3.8, 4) is 5.75 Å². The van der Waals surface area contributed by atoms with Crippen molar-refractivity contribution >= 4 is 17.8 Å². The first kappa shape index (κ1) is 23.8. The minimum absolute atomic E-state index is 0.0714. The summed E-state index contributed by atoms with van der Waals surface area (Å²) in [5.41, 5.74) is 6.14. The fourth-order valence-corrected chi connectivity index (χ4v) is 4.16. The molecular formula is C23H36N6O3. The number of guanidine groups is 1. The van der Waals surface area contributed by atoms with Gasteiger partial charge in [0.05, 0.1) is 12.6 Å². The number of nitrogens with two attached hydrogens (primary N) is 1. The van der Waals surface area contributed by atoms with Crippen LogP contribution in [0.2, 0.25) is 0 Å². The number of nitrogens with one attached hydrogen (secondary N) is 1. The van der Waals surface area contributed by atoms with Gasteiger partial charge in [-0.15, -0.1) is 0 Å². The molecule has 0 aliphatic carbocycles. The maximum Gasteiger partial charge on any atom is 0.255 e. The number of rotatable bonds is 8. The molecule has 3 N–H and O–H groups in total. The number of benzene rings is 1. The maximum absolute atomic E-state index is 12.7. The van der Waals surface area contributed by atoms with Crippen molar-refractivity contribution in [3.05, 3.63) is 29.8 Å². The van der Waals surface area contributed by atoms with Crippen LogP contribution in [0.4, 0.5) is 0 Å². The highest BCUT2D eigenvalue weighted by Crippen LogP contribution is 2.16. The van der Waals surface area contributed by atoms with E-state index in [0.717, 1.165) is 70.2 Å². The summed E-state index contributed by atoms with van der Waals surface area (Å²) < 4.78 is 5.38. The van der Waals surface area contributed by atoms with E-state index in [-0.39, 0.29) is 18.6 Å². The molecule has 1 aromatic rings. The summed E-state index contributed by atoms with van der Waals surface area (Å²) in [6, 6.07) is 7.46. The van der Waals surface area contributed by atoms with Crippen LogP contribution in [0.3, 0.4) is 0 Å². The lowest BCUT2D eigenvalue weighted by Crippen LogP contribution is -2.57. The van der Waals surface area contributed by atoms with E-state index in [1.807, 2.05) is 30.0 Å². The highest BCUT2D eigenvalue weighted by atomic mass is 16.5. The second-order valence-corrected chi connectivity index (χ2v) is 8.30. The van der Waals surface area contributed by atoms with Crippen LogP contribution in [0.25, 0.3) is 0 Å². The van der Waals surface area contributed by atoms with E-state index in [1.54, 1.807) is 6.07 Å². The topological polar surface area (TPSA) is 103 Å². The van der Waals surface area contributed by atoms with E-state index in [1.165, 1.54) is 0 Å². The Morgan fingerprint density at radius 2 is 1.84 bits per heavy atom. The Bertz CT molecular complexity index is 801. The summed E-state index contributed by atoms with van der Waals surface area (Å²) in [5, 5.41) is 3.38. The minimum atomic E-state index is -0.501. The number of nitrogens with zero attached hydrogens (tertiary/aromatic N) is 4. The molecule has 0 spiro atoms. The predicted octanol–water partition coefficient (Wildman–Crippen LogP) is 0.645. The average Bonchev–Trinajstić information content (AvgIpc) is 3.35. The molecule has 0 aromatic heterocycles. The molecule has 1 unspecified atom stereocenters. The van der Waals surface area contributed by atoms with Gasteiger partial charge in [-0.3, -0.25) is 14.5 Å². The largest absolute Gasteiger partial charge is 0.484 e. The number of carbonyl (C=O) groups is 2. The van der Waals surface area contributed by atoms with Crippen LogP contribution in [-0.4, -0.2) is 90.9 Å². The SMILES string of the molecule is CCNC(=NCc1cccc(OCC(N)=O)c1)N1CCN(C(C)C(=O)N2CCCC2)CC1. The van der Waals surface area contributed by atoms with Crippen LogP contribution in [0.15, 0.2) is 29.3 Å². The van der Waals surface area contributed by atoms with Crippen molar-refractivity contribution in [1.82, 2.24) is 20.0 Å². The van der Waals surface area contributed by atoms with Crippen LogP contribution in [0, 0.1) is 0 Å². The smallest absolute Gasteiger partial charge is 0.255 e. The molecule has 2 amide bonds. The Kier molecular flexibility index (Phi) is 8.72. The van der Waals surface area contributed by atoms with Crippen LogP contribution in [0.1, 0.15) is 32.3 Å². The van der Waals surface area contributed by atoms with Crippen LogP contribution in [0.5, 0.6) is 5.75 Å². The number of aliphatic imine (C=N–C) groups is 1. The van der Waals surface area contributed by atoms with Gasteiger partial charge in [0.25, 0.3) is 5.91 Å². The van der Waals surface area contributed by atoms with Crippen LogP contribution >= 0.6 is 0 Å². The lowest BCUT2D eigenvalue weighted by atomic mass is 10.2. The van der Waals surface area contributed by atoms with Gasteiger partial charge in [-0.1, -0.05) is 12.1 Å². The first-order chi connectivity index (χ1) is 15.5. The average molecular weight is 445 g/mol. The second-order valence-electron chi connectivity index (χ2n) is 8.30. The standard InChI is InChI=1S/C23H36N6O3/c1-3-25-23(26-16-19-7-6-8-20(15-19)32-17-21(24)30)29-13-11-27(12-14-29)18(2)22(31)28-9-4-5-10-28/h6-8,15,18H,3-5,9-14,16-17H2,1-2H3,(H2,24,30)(H,25,26). The maximum atomic E-state index is 12.7. The molecule has 1 atom stereocenters. The first-order valence-corrected chi connectivity index (χ1v) is 11.5. The molecule has 0 saturated carbocycles. The quantitative estimate of drug-likeness (QED) is 0.451. The van der Waals surface area contributed by atoms with E-state index in [4.69, 9.17) is 15.5 Å². The molecule has 0 radical (unpaired) electrons. The third-order valence-electron chi connectivity index (χ3n) is 5.96. The van der Waals surface area contributed by atoms with Crippen LogP contribution in [-0.2, 0) is 16.1 Å². The molecule has 32 heavy (non-hydrogen) atoms. The van der Waals surface area contributed by atoms with Crippen molar-refractivity contribution in [1.29, 1.82) is 0 Å². The minimum Gasteiger partial charge on any atom is -0.484 e. The summed E-state index contributed by atoms with van der Waals surface area (Å²) in [6.07, 6.45) is 2.24. The fraction of sp³-hybridized carbons (Fsp3) is 0.609. The van der Waals surface area contributed by atoms with Gasteiger partial charge in [0.15, 0.2) is 12.6 Å². The van der Waals surface area contributed by atoms with Crippen molar-refractivity contribution in [2.75, 3.05) is 52.4 Å². The predicted molar refractivity (Wildman–Crippen MR) is 124 cm³/mol. The summed E-state index contributed by atoms with van der Waals surface area (Å²) >= 11 is 0. The molecule has 2 saturated heterocycles. The molecule has 0 bridgehead atoms. The highest BCUT2D eigenvalue weighted by Gasteiger charge is 2.30. The third kappa shape index (κ3) is 6.59. The van der Waals surface area contributed by atoms with Gasteiger partial charge in [-0.05, 0) is 44.4 Å². The van der Waals surface area contributed by atoms with Gasteiger partial charge >= 0.3 is 0 Å². The van der Waals surface area contributed by atoms with E-state index in [2.05, 4.69) is 22.0 Å². The van der Waals surface area contributed by atoms with Crippen molar-refractivity contribution in [2.45, 2.75) is 39.3 Å². The molecule has 176 valence electrons. The molecule has 2 fully saturated rings. The van der Waals surface area contributed by atoms with E-state index < -0.39 is 5.91 Å². The lowest BCUT2D eigenvalue weighted by molar-refractivity contribution is -0.135. The number of ether oxygens (including phenoxy) is 1. The van der Waals surface area contributed by atoms with Crippen molar-refractivity contribution in [3.63, 3.8) is 0 Å². The Morgan fingerprint density at radius 3 is 2.50 bits per heavy atom. The molecule has 3 rings (SSSR count). The molecule has 2 heterocycles. The zero-order valence-electron chi connectivity index (χ0n) is 19.3. The van der Waals surface area contributed by atoms with Gasteiger partial charge < -0.3 is 25.6 Å². The summed E-state index contributed by atoms with van der Waals surface area (Å²) in [5.74, 6) is 1.23.